The molecule has 5 nitrogen and oxygen atoms in total. The van der Waals surface area contributed by atoms with Crippen LogP contribution in [0.5, 0.6) is 0 Å². The number of cyclic esters (lactones) is 1. The molecule has 0 bridgehead atoms. The van der Waals surface area contributed by atoms with Gasteiger partial charge in [0.05, 0.1) is 4.90 Å². The zero-order valence-electron chi connectivity index (χ0n) is 10.9. The Morgan fingerprint density at radius 3 is 2.05 bits per heavy atom. The van der Waals surface area contributed by atoms with Crippen LogP contribution in [0.3, 0.4) is 0 Å². The lowest BCUT2D eigenvalue weighted by Gasteiger charge is -2.19. The van der Waals surface area contributed by atoms with Crippen molar-refractivity contribution in [2.24, 2.45) is 0 Å². The van der Waals surface area contributed by atoms with Crippen molar-refractivity contribution >= 4 is 21.4 Å². The largest absolute Gasteiger partial charge is 0.588 e. The molecule has 1 heterocycles. The third-order valence-corrected chi connectivity index (χ3v) is 4.10. The third kappa shape index (κ3) is 2.35. The van der Waals surface area contributed by atoms with Crippen LogP contribution in [0.1, 0.15) is 19.4 Å². The standard InChI is InChI=1S/C13H14O5S/c1-13(2)10(11(14)12(15)18-13)8-4-6-9(7-5-8)19(3,16)17/h4-7,14H,1-3H3/p+1. The van der Waals surface area contributed by atoms with E-state index in [2.05, 4.69) is 0 Å². The Morgan fingerprint density at radius 1 is 1.16 bits per heavy atom. The first-order chi connectivity index (χ1) is 8.63. The van der Waals surface area contributed by atoms with Crippen molar-refractivity contribution in [2.75, 3.05) is 6.26 Å². The predicted octanol–water partition coefficient (Wildman–Crippen LogP) is 0.861. The first-order valence-corrected chi connectivity index (χ1v) is 7.52. The topological polar surface area (TPSA) is 83.3 Å². The van der Waals surface area contributed by atoms with Gasteiger partial charge in [-0.05, 0) is 31.5 Å². The van der Waals surface area contributed by atoms with Crippen LogP contribution in [0.2, 0.25) is 0 Å². The lowest BCUT2D eigenvalue weighted by atomic mass is 9.92. The summed E-state index contributed by atoms with van der Waals surface area (Å²) in [6, 6.07) is 6.10. The van der Waals surface area contributed by atoms with Crippen molar-refractivity contribution in [2.45, 2.75) is 24.3 Å². The molecule has 0 aliphatic carbocycles. The van der Waals surface area contributed by atoms with E-state index in [0.717, 1.165) is 6.26 Å². The molecule has 0 aromatic heterocycles. The summed E-state index contributed by atoms with van der Waals surface area (Å²) >= 11 is 0. The van der Waals surface area contributed by atoms with Gasteiger partial charge in [0.25, 0.3) is 0 Å². The molecule has 1 aliphatic heterocycles. The second-order valence-corrected chi connectivity index (χ2v) is 6.96. The van der Waals surface area contributed by atoms with Crippen LogP contribution in [-0.4, -0.2) is 31.4 Å². The van der Waals surface area contributed by atoms with Crippen molar-refractivity contribution in [1.82, 2.24) is 0 Å². The van der Waals surface area contributed by atoms with Crippen molar-refractivity contribution in [3.63, 3.8) is 0 Å². The SMILES string of the molecule is CC1(C)OC(=O)C([OH2+])=C1c1ccc(S(C)(=O)=O)cc1. The van der Waals surface area contributed by atoms with Gasteiger partial charge in [-0.2, -0.15) is 0 Å². The summed E-state index contributed by atoms with van der Waals surface area (Å²) < 4.78 is 27.9. The Bertz CT molecular complexity index is 665. The smallest absolute Gasteiger partial charge is 0.429 e. The highest BCUT2D eigenvalue weighted by atomic mass is 32.2. The quantitative estimate of drug-likeness (QED) is 0.595. The highest BCUT2D eigenvalue weighted by Gasteiger charge is 2.45. The molecular weight excluding hydrogens is 268 g/mol. The van der Waals surface area contributed by atoms with Gasteiger partial charge < -0.3 is 9.84 Å². The Kier molecular flexibility index (Phi) is 2.93. The normalized spacial score (nSPS) is 18.6. The molecule has 0 saturated heterocycles. The van der Waals surface area contributed by atoms with Gasteiger partial charge in [-0.1, -0.05) is 12.1 Å². The number of sulfone groups is 1. The first kappa shape index (κ1) is 13.6. The number of hydrogen-bond donors (Lipinski definition) is 0. The van der Waals surface area contributed by atoms with E-state index in [-0.39, 0.29) is 10.7 Å². The van der Waals surface area contributed by atoms with Gasteiger partial charge in [-0.15, -0.1) is 0 Å². The fourth-order valence-corrected chi connectivity index (χ4v) is 2.73. The lowest BCUT2D eigenvalue weighted by molar-refractivity contribution is -0.146. The molecule has 6 heteroatoms. The van der Waals surface area contributed by atoms with Crippen molar-refractivity contribution in [3.05, 3.63) is 35.6 Å². The first-order valence-electron chi connectivity index (χ1n) is 5.63. The van der Waals surface area contributed by atoms with E-state index in [1.54, 1.807) is 26.0 Å². The summed E-state index contributed by atoms with van der Waals surface area (Å²) in [4.78, 5) is 11.6. The molecule has 19 heavy (non-hydrogen) atoms. The molecule has 2 N–H and O–H groups in total. The average molecular weight is 283 g/mol. The fourth-order valence-electron chi connectivity index (χ4n) is 2.10. The number of carbonyl (C=O) groups excluding carboxylic acids is 1. The van der Waals surface area contributed by atoms with E-state index in [1.165, 1.54) is 12.1 Å². The Labute approximate surface area is 111 Å². The Balaban J connectivity index is 2.52. The monoisotopic (exact) mass is 283 g/mol. The second kappa shape index (κ2) is 4.09. The van der Waals surface area contributed by atoms with E-state index >= 15 is 0 Å². The summed E-state index contributed by atoms with van der Waals surface area (Å²) in [5, 5.41) is 7.75. The van der Waals surface area contributed by atoms with Crippen LogP contribution < -0.4 is 0 Å². The highest BCUT2D eigenvalue weighted by Crippen LogP contribution is 2.38. The predicted molar refractivity (Wildman–Crippen MR) is 70.3 cm³/mol. The molecule has 1 aromatic carbocycles. The van der Waals surface area contributed by atoms with Crippen LogP contribution >= 0.6 is 0 Å². The highest BCUT2D eigenvalue weighted by molar-refractivity contribution is 7.90. The van der Waals surface area contributed by atoms with E-state index < -0.39 is 21.4 Å². The van der Waals surface area contributed by atoms with Crippen LogP contribution in [0.4, 0.5) is 0 Å². The van der Waals surface area contributed by atoms with Crippen molar-refractivity contribution in [1.29, 1.82) is 0 Å². The maximum atomic E-state index is 11.4. The van der Waals surface area contributed by atoms with Crippen LogP contribution in [0.15, 0.2) is 34.9 Å². The zero-order valence-corrected chi connectivity index (χ0v) is 11.7. The minimum absolute atomic E-state index is 0.183. The van der Waals surface area contributed by atoms with Gasteiger partial charge in [0.15, 0.2) is 9.84 Å². The molecular formula is C13H15O5S+. The molecule has 0 amide bonds. The van der Waals surface area contributed by atoms with Gasteiger partial charge >= 0.3 is 11.7 Å². The maximum absolute atomic E-state index is 11.4. The average Bonchev–Trinajstić information content (AvgIpc) is 2.47. The van der Waals surface area contributed by atoms with Gasteiger partial charge in [-0.3, -0.25) is 0 Å². The fraction of sp³-hybridized carbons (Fsp3) is 0.308. The molecule has 1 aromatic rings. The van der Waals surface area contributed by atoms with Gasteiger partial charge in [-0.25, -0.2) is 13.2 Å². The van der Waals surface area contributed by atoms with Gasteiger partial charge in [0.1, 0.15) is 11.2 Å². The lowest BCUT2D eigenvalue weighted by Crippen LogP contribution is -2.22. The number of carbonyl (C=O) groups is 1. The maximum Gasteiger partial charge on any atom is 0.429 e. The summed E-state index contributed by atoms with van der Waals surface area (Å²) in [5.41, 5.74) is 0.214. The second-order valence-electron chi connectivity index (χ2n) is 4.95. The minimum atomic E-state index is -3.26. The van der Waals surface area contributed by atoms with Gasteiger partial charge in [0.2, 0.25) is 0 Å². The molecule has 102 valence electrons. The van der Waals surface area contributed by atoms with Crippen LogP contribution in [-0.2, 0) is 19.4 Å². The summed E-state index contributed by atoms with van der Waals surface area (Å²) in [6.45, 7) is 3.40. The molecule has 0 radical (unpaired) electrons. The van der Waals surface area contributed by atoms with E-state index in [0.29, 0.717) is 11.1 Å². The minimum Gasteiger partial charge on any atom is -0.588 e. The van der Waals surface area contributed by atoms with Crippen molar-refractivity contribution in [3.8, 4) is 0 Å². The molecule has 1 aliphatic rings. The third-order valence-electron chi connectivity index (χ3n) is 2.98. The Hall–Kier alpha value is -1.82. The van der Waals surface area contributed by atoms with E-state index in [9.17, 15) is 13.2 Å². The number of rotatable bonds is 2. The van der Waals surface area contributed by atoms with Crippen LogP contribution in [0.25, 0.3) is 5.57 Å². The van der Waals surface area contributed by atoms with E-state index in [4.69, 9.17) is 9.84 Å². The van der Waals surface area contributed by atoms with Gasteiger partial charge in [0, 0.05) is 6.26 Å². The number of benzene rings is 1. The molecule has 0 spiro atoms. The summed E-state index contributed by atoms with van der Waals surface area (Å²) in [5.74, 6) is -0.843. The molecule has 0 fully saturated rings. The molecule has 0 unspecified atom stereocenters. The number of ether oxygens (including phenoxy) is 1. The van der Waals surface area contributed by atoms with Crippen LogP contribution in [0, 0.1) is 0 Å². The Morgan fingerprint density at radius 2 is 1.68 bits per heavy atom. The zero-order chi connectivity index (χ0) is 14.4. The number of esters is 1. The van der Waals surface area contributed by atoms with E-state index in [1.807, 2.05) is 0 Å². The summed E-state index contributed by atoms with van der Waals surface area (Å²) in [7, 11) is -3.26. The molecule has 0 saturated carbocycles. The number of hydrogen-bond acceptors (Lipinski definition) is 4. The summed E-state index contributed by atoms with van der Waals surface area (Å²) in [6.07, 6.45) is 1.13. The molecule has 2 rings (SSSR count). The van der Waals surface area contributed by atoms with Crippen molar-refractivity contribution < 1.29 is 23.1 Å². The molecule has 0 atom stereocenters.